The van der Waals surface area contributed by atoms with Crippen molar-refractivity contribution in [2.45, 2.75) is 44.8 Å². The molecule has 9 heteroatoms. The Labute approximate surface area is 150 Å². The number of anilines is 1. The zero-order valence-electron chi connectivity index (χ0n) is 14.5. The van der Waals surface area contributed by atoms with Crippen LogP contribution in [0.3, 0.4) is 0 Å². The first kappa shape index (κ1) is 18.5. The first-order chi connectivity index (χ1) is 12.4. The molecule has 26 heavy (non-hydrogen) atoms. The summed E-state index contributed by atoms with van der Waals surface area (Å²) in [7, 11) is 0. The second-order valence-corrected chi connectivity index (χ2v) is 6.37. The lowest BCUT2D eigenvalue weighted by atomic mass is 10.1. The van der Waals surface area contributed by atoms with E-state index in [9.17, 15) is 13.2 Å². The lowest BCUT2D eigenvalue weighted by Gasteiger charge is -2.23. The van der Waals surface area contributed by atoms with Gasteiger partial charge >= 0.3 is 6.36 Å². The van der Waals surface area contributed by atoms with Crippen molar-refractivity contribution in [1.29, 1.82) is 0 Å². The normalized spacial score (nSPS) is 18.9. The highest BCUT2D eigenvalue weighted by atomic mass is 19.4. The van der Waals surface area contributed by atoms with E-state index >= 15 is 0 Å². The molecule has 2 atom stereocenters. The Bertz CT molecular complexity index is 692. The van der Waals surface area contributed by atoms with Crippen LogP contribution < -0.4 is 15.0 Å². The van der Waals surface area contributed by atoms with E-state index in [1.807, 2.05) is 0 Å². The number of alkyl halides is 3. The van der Waals surface area contributed by atoms with Crippen LogP contribution in [-0.4, -0.2) is 46.3 Å². The maximum Gasteiger partial charge on any atom is 0.573 e. The van der Waals surface area contributed by atoms with E-state index in [1.165, 1.54) is 18.5 Å². The van der Waals surface area contributed by atoms with E-state index in [1.54, 1.807) is 23.1 Å². The van der Waals surface area contributed by atoms with Crippen molar-refractivity contribution >= 4 is 5.69 Å². The van der Waals surface area contributed by atoms with E-state index < -0.39 is 6.36 Å². The van der Waals surface area contributed by atoms with E-state index in [2.05, 4.69) is 32.0 Å². The zero-order chi connectivity index (χ0) is 18.6. The summed E-state index contributed by atoms with van der Waals surface area (Å²) in [6.07, 6.45) is 0.407. The van der Waals surface area contributed by atoms with Crippen molar-refractivity contribution in [3.8, 4) is 5.75 Å². The molecule has 1 aromatic heterocycles. The van der Waals surface area contributed by atoms with Gasteiger partial charge in [-0.2, -0.15) is 5.10 Å². The Morgan fingerprint density at radius 1 is 1.38 bits per heavy atom. The number of rotatable bonds is 7. The van der Waals surface area contributed by atoms with E-state index in [-0.39, 0.29) is 17.8 Å². The van der Waals surface area contributed by atoms with Crippen molar-refractivity contribution < 1.29 is 17.9 Å². The number of ether oxygens (including phenoxy) is 1. The highest BCUT2D eigenvalue weighted by molar-refractivity contribution is 5.51. The molecule has 142 valence electrons. The second kappa shape index (κ2) is 7.94. The molecule has 0 bridgehead atoms. The van der Waals surface area contributed by atoms with Crippen molar-refractivity contribution in [2.75, 3.05) is 18.0 Å². The zero-order valence-corrected chi connectivity index (χ0v) is 14.5. The molecule has 0 amide bonds. The Morgan fingerprint density at radius 2 is 2.23 bits per heavy atom. The summed E-state index contributed by atoms with van der Waals surface area (Å²) in [5.74, 6) is -0.191. The Morgan fingerprint density at radius 3 is 2.92 bits per heavy atom. The Hall–Kier alpha value is -2.29. The number of nitrogens with zero attached hydrogens (tertiary/aromatic N) is 4. The van der Waals surface area contributed by atoms with E-state index in [0.29, 0.717) is 0 Å². The second-order valence-electron chi connectivity index (χ2n) is 6.37. The molecule has 1 aliphatic heterocycles. The van der Waals surface area contributed by atoms with Gasteiger partial charge in [-0.25, -0.2) is 4.98 Å². The average molecular weight is 369 g/mol. The summed E-state index contributed by atoms with van der Waals surface area (Å²) in [6, 6.07) is 6.67. The van der Waals surface area contributed by atoms with Crippen molar-refractivity contribution in [2.24, 2.45) is 0 Å². The third-order valence-electron chi connectivity index (χ3n) is 4.44. The average Bonchev–Trinajstić information content (AvgIpc) is 3.25. The fraction of sp³-hybridized carbons (Fsp3) is 0.529. The van der Waals surface area contributed by atoms with E-state index in [0.717, 1.165) is 38.2 Å². The monoisotopic (exact) mass is 369 g/mol. The fourth-order valence-corrected chi connectivity index (χ4v) is 3.19. The van der Waals surface area contributed by atoms with Crippen LogP contribution in [0.5, 0.6) is 5.75 Å². The minimum Gasteiger partial charge on any atom is -0.406 e. The first-order valence-electron chi connectivity index (χ1n) is 8.62. The molecule has 0 radical (unpaired) electrons. The first-order valence-corrected chi connectivity index (χ1v) is 8.62. The lowest BCUT2D eigenvalue weighted by molar-refractivity contribution is -0.274. The van der Waals surface area contributed by atoms with Crippen LogP contribution >= 0.6 is 0 Å². The van der Waals surface area contributed by atoms with Crippen LogP contribution in [0.1, 0.15) is 19.8 Å². The molecule has 1 aromatic carbocycles. The molecule has 1 saturated heterocycles. The van der Waals surface area contributed by atoms with Crippen molar-refractivity contribution in [3.05, 3.63) is 36.9 Å². The number of nitrogens with one attached hydrogen (secondary N) is 1. The number of benzene rings is 1. The molecular formula is C17H22F3N5O. The van der Waals surface area contributed by atoms with Gasteiger partial charge in [-0.15, -0.1) is 13.2 Å². The molecule has 0 aliphatic carbocycles. The van der Waals surface area contributed by atoms with Crippen LogP contribution in [0.15, 0.2) is 36.9 Å². The third-order valence-corrected chi connectivity index (χ3v) is 4.44. The summed E-state index contributed by atoms with van der Waals surface area (Å²) in [5, 5.41) is 7.74. The summed E-state index contributed by atoms with van der Waals surface area (Å²) in [4.78, 5) is 6.02. The molecule has 2 aromatic rings. The Balaban J connectivity index is 1.57. The summed E-state index contributed by atoms with van der Waals surface area (Å²) in [6.45, 7) is 4.37. The highest BCUT2D eigenvalue weighted by Gasteiger charge is 2.31. The molecule has 3 rings (SSSR count). The molecule has 0 saturated carbocycles. The van der Waals surface area contributed by atoms with Crippen LogP contribution in [0, 0.1) is 0 Å². The topological polar surface area (TPSA) is 55.2 Å². The predicted molar refractivity (Wildman–Crippen MR) is 91.0 cm³/mol. The maximum absolute atomic E-state index is 12.4. The minimum absolute atomic E-state index is 0.191. The predicted octanol–water partition coefficient (Wildman–Crippen LogP) is 2.82. The van der Waals surface area contributed by atoms with Gasteiger partial charge in [0.25, 0.3) is 0 Å². The van der Waals surface area contributed by atoms with Gasteiger partial charge in [-0.05, 0) is 25.0 Å². The third kappa shape index (κ3) is 5.10. The van der Waals surface area contributed by atoms with Crippen molar-refractivity contribution in [3.63, 3.8) is 0 Å². The molecule has 1 N–H and O–H groups in total. The molecule has 0 spiro atoms. The molecule has 2 heterocycles. The number of hydrogen-bond donors (Lipinski definition) is 1. The molecule has 0 unspecified atom stereocenters. The lowest BCUT2D eigenvalue weighted by Crippen LogP contribution is -2.42. The summed E-state index contributed by atoms with van der Waals surface area (Å²) >= 11 is 0. The van der Waals surface area contributed by atoms with Crippen LogP contribution in [0.25, 0.3) is 0 Å². The number of aromatic nitrogens is 3. The standard InChI is InChI=1S/C17H22F3N5O/c1-2-13(10-25-12-21-11-22-25)23-14-6-7-24(9-14)15-4-3-5-16(8-15)26-17(18,19)20/h3-5,8,11-14,23H,2,6-7,9-10H2,1H3/t13-,14-/m1/s1. The minimum atomic E-state index is -4.68. The quantitative estimate of drug-likeness (QED) is 0.813. The number of hydrogen-bond acceptors (Lipinski definition) is 5. The van der Waals surface area contributed by atoms with Crippen molar-refractivity contribution in [1.82, 2.24) is 20.1 Å². The molecular weight excluding hydrogens is 347 g/mol. The van der Waals surface area contributed by atoms with Gasteiger partial charge in [0, 0.05) is 36.9 Å². The van der Waals surface area contributed by atoms with Gasteiger partial charge in [0.05, 0.1) is 6.54 Å². The van der Waals surface area contributed by atoms with Crippen LogP contribution in [0.2, 0.25) is 0 Å². The van der Waals surface area contributed by atoms with Gasteiger partial charge in [-0.3, -0.25) is 4.68 Å². The van der Waals surface area contributed by atoms with E-state index in [4.69, 9.17) is 0 Å². The highest BCUT2D eigenvalue weighted by Crippen LogP contribution is 2.28. The van der Waals surface area contributed by atoms with Gasteiger partial charge in [0.15, 0.2) is 0 Å². The molecule has 6 nitrogen and oxygen atoms in total. The molecule has 1 aliphatic rings. The van der Waals surface area contributed by atoms with Gasteiger partial charge in [0.1, 0.15) is 18.4 Å². The summed E-state index contributed by atoms with van der Waals surface area (Å²) < 4.78 is 43.0. The summed E-state index contributed by atoms with van der Waals surface area (Å²) in [5.41, 5.74) is 0.736. The Kier molecular flexibility index (Phi) is 5.65. The van der Waals surface area contributed by atoms with Gasteiger partial charge < -0.3 is 15.0 Å². The van der Waals surface area contributed by atoms with Crippen LogP contribution in [-0.2, 0) is 6.54 Å². The fourth-order valence-electron chi connectivity index (χ4n) is 3.19. The largest absolute Gasteiger partial charge is 0.573 e. The SMILES string of the molecule is CC[C@H](Cn1cncn1)N[C@@H]1CCN(c2cccc(OC(F)(F)F)c2)C1. The molecule has 1 fully saturated rings. The van der Waals surface area contributed by atoms with Gasteiger partial charge in [0.2, 0.25) is 0 Å². The van der Waals surface area contributed by atoms with Gasteiger partial charge in [-0.1, -0.05) is 13.0 Å². The van der Waals surface area contributed by atoms with Crippen LogP contribution in [0.4, 0.5) is 18.9 Å². The number of halogens is 3. The maximum atomic E-state index is 12.4. The smallest absolute Gasteiger partial charge is 0.406 e.